The molecule has 0 fully saturated rings. The molecule has 0 radical (unpaired) electrons. The Morgan fingerprint density at radius 1 is 1.40 bits per heavy atom. The fourth-order valence-corrected chi connectivity index (χ4v) is 2.53. The molecule has 0 aromatic heterocycles. The maximum atomic E-state index is 13.7. The number of hydrogen-bond donors (Lipinski definition) is 2. The molecular formula is C14H19FN2O2S. The van der Waals surface area contributed by atoms with Crippen molar-refractivity contribution in [2.75, 3.05) is 13.1 Å². The van der Waals surface area contributed by atoms with E-state index in [0.29, 0.717) is 12.5 Å². The van der Waals surface area contributed by atoms with Crippen molar-refractivity contribution in [2.45, 2.75) is 25.2 Å². The van der Waals surface area contributed by atoms with Gasteiger partial charge in [0, 0.05) is 6.54 Å². The summed E-state index contributed by atoms with van der Waals surface area (Å²) >= 11 is 0. The molecule has 0 saturated carbocycles. The van der Waals surface area contributed by atoms with Gasteiger partial charge in [-0.3, -0.25) is 0 Å². The second-order valence-corrected chi connectivity index (χ2v) is 6.49. The molecule has 0 unspecified atom stereocenters. The Labute approximate surface area is 119 Å². The smallest absolute Gasteiger partial charge is 0.240 e. The number of hydrogen-bond acceptors (Lipinski definition) is 3. The van der Waals surface area contributed by atoms with E-state index in [9.17, 15) is 12.8 Å². The Hall–Kier alpha value is -1.42. The minimum Gasteiger partial charge on any atom is -0.320 e. The third-order valence-electron chi connectivity index (χ3n) is 2.59. The van der Waals surface area contributed by atoms with Gasteiger partial charge in [-0.25, -0.2) is 17.5 Å². The molecule has 4 nitrogen and oxygen atoms in total. The summed E-state index contributed by atoms with van der Waals surface area (Å²) in [5.41, 5.74) is 5.34. The molecular weight excluding hydrogens is 279 g/mol. The van der Waals surface area contributed by atoms with Crippen molar-refractivity contribution in [3.63, 3.8) is 0 Å². The van der Waals surface area contributed by atoms with Crippen LogP contribution in [0.25, 0.3) is 0 Å². The molecule has 0 spiro atoms. The quantitative estimate of drug-likeness (QED) is 0.808. The van der Waals surface area contributed by atoms with Gasteiger partial charge in [-0.2, -0.15) is 0 Å². The van der Waals surface area contributed by atoms with Gasteiger partial charge in [-0.15, -0.1) is 0 Å². The maximum absolute atomic E-state index is 13.7. The predicted molar refractivity (Wildman–Crippen MR) is 77.0 cm³/mol. The number of nitrogens with one attached hydrogen (secondary N) is 1. The van der Waals surface area contributed by atoms with Crippen LogP contribution < -0.4 is 10.5 Å². The highest BCUT2D eigenvalue weighted by Gasteiger charge is 2.15. The van der Waals surface area contributed by atoms with Crippen LogP contribution in [0.1, 0.15) is 25.8 Å². The number of sulfonamides is 1. The topological polar surface area (TPSA) is 72.2 Å². The average molecular weight is 298 g/mol. The molecule has 1 rings (SSSR count). The molecule has 0 amide bonds. The van der Waals surface area contributed by atoms with Crippen molar-refractivity contribution in [3.05, 3.63) is 29.6 Å². The fraction of sp³-hybridized carbons (Fsp3) is 0.429. The summed E-state index contributed by atoms with van der Waals surface area (Å²) in [6.45, 7) is 4.45. The SMILES string of the molecule is CC(C)CCNS(=O)(=O)c1ccc(C#CCN)c(F)c1. The summed E-state index contributed by atoms with van der Waals surface area (Å²) in [6, 6.07) is 3.65. The van der Waals surface area contributed by atoms with Gasteiger partial charge in [-0.1, -0.05) is 25.7 Å². The minimum absolute atomic E-state index is 0.0999. The lowest BCUT2D eigenvalue weighted by Gasteiger charge is -2.08. The van der Waals surface area contributed by atoms with Crippen molar-refractivity contribution in [1.82, 2.24) is 4.72 Å². The molecule has 1 aromatic rings. The molecule has 0 saturated heterocycles. The molecule has 0 atom stereocenters. The van der Waals surface area contributed by atoms with E-state index in [1.165, 1.54) is 12.1 Å². The van der Waals surface area contributed by atoms with Crippen LogP contribution in [-0.2, 0) is 10.0 Å². The van der Waals surface area contributed by atoms with E-state index in [2.05, 4.69) is 16.6 Å². The van der Waals surface area contributed by atoms with Crippen LogP contribution in [0.15, 0.2) is 23.1 Å². The van der Waals surface area contributed by atoms with Gasteiger partial charge < -0.3 is 5.73 Å². The van der Waals surface area contributed by atoms with E-state index in [1.54, 1.807) is 0 Å². The zero-order chi connectivity index (χ0) is 15.2. The normalized spacial score (nSPS) is 11.2. The van der Waals surface area contributed by atoms with Crippen molar-refractivity contribution in [1.29, 1.82) is 0 Å². The summed E-state index contributed by atoms with van der Waals surface area (Å²) in [5, 5.41) is 0. The molecule has 110 valence electrons. The molecule has 1 aromatic carbocycles. The standard InChI is InChI=1S/C14H19FN2O2S/c1-11(2)7-9-17-20(18,19)13-6-5-12(4-3-8-16)14(15)10-13/h5-6,10-11,17H,7-9,16H2,1-2H3. The van der Waals surface area contributed by atoms with E-state index in [4.69, 9.17) is 5.73 Å². The van der Waals surface area contributed by atoms with E-state index >= 15 is 0 Å². The first-order valence-corrected chi connectivity index (χ1v) is 7.83. The van der Waals surface area contributed by atoms with Gasteiger partial charge >= 0.3 is 0 Å². The van der Waals surface area contributed by atoms with Gasteiger partial charge in [0.25, 0.3) is 0 Å². The molecule has 20 heavy (non-hydrogen) atoms. The number of nitrogens with two attached hydrogens (primary N) is 1. The Bertz CT molecular complexity index is 616. The lowest BCUT2D eigenvalue weighted by molar-refractivity contribution is 0.550. The Morgan fingerprint density at radius 2 is 2.10 bits per heavy atom. The van der Waals surface area contributed by atoms with Crippen molar-refractivity contribution in [3.8, 4) is 11.8 Å². The molecule has 0 bridgehead atoms. The Kier molecular flexibility index (Phi) is 6.14. The Morgan fingerprint density at radius 3 is 2.65 bits per heavy atom. The van der Waals surface area contributed by atoms with E-state index in [-0.39, 0.29) is 17.0 Å². The minimum atomic E-state index is -3.68. The van der Waals surface area contributed by atoms with Crippen LogP contribution in [0, 0.1) is 23.6 Å². The van der Waals surface area contributed by atoms with Gasteiger partial charge in [0.1, 0.15) is 5.82 Å². The average Bonchev–Trinajstić information content (AvgIpc) is 2.36. The van der Waals surface area contributed by atoms with Crippen LogP contribution >= 0.6 is 0 Å². The van der Waals surface area contributed by atoms with E-state index in [1.807, 2.05) is 13.8 Å². The molecule has 3 N–H and O–H groups in total. The number of rotatable bonds is 5. The Balaban J connectivity index is 2.88. The van der Waals surface area contributed by atoms with Crippen molar-refractivity contribution >= 4 is 10.0 Å². The summed E-state index contributed by atoms with van der Waals surface area (Å²) in [6.07, 6.45) is 0.724. The summed E-state index contributed by atoms with van der Waals surface area (Å²) in [5.74, 6) is 4.79. The third-order valence-corrected chi connectivity index (χ3v) is 4.05. The number of halogens is 1. The van der Waals surface area contributed by atoms with Crippen LogP contribution in [0.4, 0.5) is 4.39 Å². The largest absolute Gasteiger partial charge is 0.320 e. The summed E-state index contributed by atoms with van der Waals surface area (Å²) < 4.78 is 40.1. The molecule has 0 heterocycles. The molecule has 0 aliphatic carbocycles. The summed E-state index contributed by atoms with van der Waals surface area (Å²) in [7, 11) is -3.68. The lowest BCUT2D eigenvalue weighted by atomic mass is 10.1. The highest BCUT2D eigenvalue weighted by molar-refractivity contribution is 7.89. The molecule has 6 heteroatoms. The van der Waals surface area contributed by atoms with Crippen LogP contribution in [0.5, 0.6) is 0 Å². The monoisotopic (exact) mass is 298 g/mol. The third kappa shape index (κ3) is 4.93. The van der Waals surface area contributed by atoms with E-state index < -0.39 is 15.8 Å². The van der Waals surface area contributed by atoms with Crippen LogP contribution in [-0.4, -0.2) is 21.5 Å². The predicted octanol–water partition coefficient (Wildman–Crippen LogP) is 1.46. The van der Waals surface area contributed by atoms with Crippen molar-refractivity contribution < 1.29 is 12.8 Å². The first-order valence-electron chi connectivity index (χ1n) is 6.35. The highest BCUT2D eigenvalue weighted by atomic mass is 32.2. The summed E-state index contributed by atoms with van der Waals surface area (Å²) in [4.78, 5) is -0.0999. The zero-order valence-corrected chi connectivity index (χ0v) is 12.4. The van der Waals surface area contributed by atoms with E-state index in [0.717, 1.165) is 12.5 Å². The van der Waals surface area contributed by atoms with Gasteiger partial charge in [0.15, 0.2) is 0 Å². The first-order chi connectivity index (χ1) is 9.36. The van der Waals surface area contributed by atoms with Gasteiger partial charge in [0.2, 0.25) is 10.0 Å². The number of benzene rings is 1. The fourth-order valence-electron chi connectivity index (χ4n) is 1.48. The molecule has 0 aliphatic rings. The second-order valence-electron chi connectivity index (χ2n) is 4.73. The molecule has 0 aliphatic heterocycles. The van der Waals surface area contributed by atoms with Crippen molar-refractivity contribution in [2.24, 2.45) is 11.7 Å². The van der Waals surface area contributed by atoms with Gasteiger partial charge in [-0.05, 0) is 30.5 Å². The maximum Gasteiger partial charge on any atom is 0.240 e. The second kappa shape index (κ2) is 7.39. The lowest BCUT2D eigenvalue weighted by Crippen LogP contribution is -2.25. The first kappa shape index (κ1) is 16.6. The zero-order valence-electron chi connectivity index (χ0n) is 11.6. The van der Waals surface area contributed by atoms with Crippen LogP contribution in [0.3, 0.4) is 0 Å². The highest BCUT2D eigenvalue weighted by Crippen LogP contribution is 2.14. The van der Waals surface area contributed by atoms with Gasteiger partial charge in [0.05, 0.1) is 17.0 Å². The van der Waals surface area contributed by atoms with Crippen LogP contribution in [0.2, 0.25) is 0 Å².